The lowest BCUT2D eigenvalue weighted by Crippen LogP contribution is -2.33. The number of aryl methyl sites for hydroxylation is 1. The van der Waals surface area contributed by atoms with Gasteiger partial charge in [-0.05, 0) is 56.4 Å². The monoisotopic (exact) mass is 491 g/mol. The maximum atomic E-state index is 13.1. The number of nitrogens with two attached hydrogens (primary N) is 1. The van der Waals surface area contributed by atoms with E-state index in [4.69, 9.17) is 22.4 Å². The molecule has 1 fully saturated rings. The molecule has 1 aliphatic carbocycles. The van der Waals surface area contributed by atoms with Crippen molar-refractivity contribution in [3.05, 3.63) is 65.3 Å². The van der Waals surface area contributed by atoms with Crippen molar-refractivity contribution in [1.82, 2.24) is 24.6 Å². The maximum Gasteiger partial charge on any atom is 0.276 e. The Morgan fingerprint density at radius 2 is 1.89 bits per heavy atom. The van der Waals surface area contributed by atoms with Crippen molar-refractivity contribution in [2.24, 2.45) is 5.73 Å². The fraction of sp³-hybridized carbons (Fsp3) is 0.292. The Morgan fingerprint density at radius 3 is 2.63 bits per heavy atom. The van der Waals surface area contributed by atoms with E-state index in [1.165, 1.54) is 16.9 Å². The van der Waals surface area contributed by atoms with E-state index < -0.39 is 0 Å². The SMILES string of the molecule is Cc1ccc(Nc2cc(N[C@H]3CC[C@H](N)CC3)nn3c(C(=O)Nc4ccnc(Cl)c4)cnc23)nc1. The molecule has 0 atom stereocenters. The highest BCUT2D eigenvalue weighted by atomic mass is 35.5. The van der Waals surface area contributed by atoms with Gasteiger partial charge in [0.2, 0.25) is 0 Å². The number of amides is 1. The van der Waals surface area contributed by atoms with Crippen molar-refractivity contribution in [1.29, 1.82) is 0 Å². The summed E-state index contributed by atoms with van der Waals surface area (Å²) in [7, 11) is 0. The van der Waals surface area contributed by atoms with E-state index in [0.29, 0.717) is 28.7 Å². The summed E-state index contributed by atoms with van der Waals surface area (Å²) in [6.07, 6.45) is 8.66. The first kappa shape index (κ1) is 23.0. The molecule has 0 aliphatic heterocycles. The maximum absolute atomic E-state index is 13.1. The Hall–Kier alpha value is -3.76. The van der Waals surface area contributed by atoms with Crippen LogP contribution in [0.2, 0.25) is 5.15 Å². The van der Waals surface area contributed by atoms with Crippen molar-refractivity contribution < 1.29 is 4.79 Å². The molecule has 10 nitrogen and oxygen atoms in total. The zero-order valence-corrected chi connectivity index (χ0v) is 20.0. The molecule has 5 N–H and O–H groups in total. The van der Waals surface area contributed by atoms with Crippen LogP contribution in [0.15, 0.2) is 48.9 Å². The number of carbonyl (C=O) groups excluding carboxylic acids is 1. The molecule has 11 heteroatoms. The topological polar surface area (TPSA) is 135 Å². The first-order chi connectivity index (χ1) is 16.9. The number of hydrogen-bond donors (Lipinski definition) is 4. The molecule has 1 aliphatic rings. The van der Waals surface area contributed by atoms with Crippen LogP contribution >= 0.6 is 11.6 Å². The van der Waals surface area contributed by atoms with Gasteiger partial charge in [0.15, 0.2) is 11.3 Å². The molecule has 4 heterocycles. The van der Waals surface area contributed by atoms with Crippen molar-refractivity contribution in [2.45, 2.75) is 44.7 Å². The molecule has 1 amide bonds. The van der Waals surface area contributed by atoms with E-state index in [2.05, 4.69) is 30.9 Å². The molecule has 0 saturated heterocycles. The van der Waals surface area contributed by atoms with E-state index in [9.17, 15) is 4.79 Å². The molecule has 35 heavy (non-hydrogen) atoms. The second-order valence-electron chi connectivity index (χ2n) is 8.75. The molecule has 0 aromatic carbocycles. The van der Waals surface area contributed by atoms with Crippen LogP contribution in [0.3, 0.4) is 0 Å². The van der Waals surface area contributed by atoms with Crippen LogP contribution in [-0.2, 0) is 0 Å². The van der Waals surface area contributed by atoms with E-state index in [1.54, 1.807) is 18.3 Å². The highest BCUT2D eigenvalue weighted by Crippen LogP contribution is 2.26. The predicted octanol–water partition coefficient (Wildman–Crippen LogP) is 4.16. The van der Waals surface area contributed by atoms with Gasteiger partial charge >= 0.3 is 0 Å². The number of carbonyl (C=O) groups is 1. The minimum absolute atomic E-state index is 0.249. The summed E-state index contributed by atoms with van der Waals surface area (Å²) in [6, 6.07) is 9.50. The smallest absolute Gasteiger partial charge is 0.276 e. The first-order valence-electron chi connectivity index (χ1n) is 11.5. The van der Waals surface area contributed by atoms with Gasteiger partial charge in [0.25, 0.3) is 5.91 Å². The highest BCUT2D eigenvalue weighted by molar-refractivity contribution is 6.29. The van der Waals surface area contributed by atoms with Crippen LogP contribution in [-0.4, -0.2) is 42.6 Å². The van der Waals surface area contributed by atoms with Crippen LogP contribution in [0.1, 0.15) is 41.7 Å². The third-order valence-corrected chi connectivity index (χ3v) is 6.19. The number of pyridine rings is 2. The number of rotatable bonds is 6. The minimum Gasteiger partial charge on any atom is -0.366 e. The van der Waals surface area contributed by atoms with Gasteiger partial charge in [-0.2, -0.15) is 0 Å². The number of nitrogens with one attached hydrogen (secondary N) is 3. The largest absolute Gasteiger partial charge is 0.366 e. The number of fused-ring (bicyclic) bond motifs is 1. The van der Waals surface area contributed by atoms with E-state index in [0.717, 1.165) is 31.2 Å². The average molecular weight is 492 g/mol. The van der Waals surface area contributed by atoms with Crippen LogP contribution in [0, 0.1) is 6.92 Å². The van der Waals surface area contributed by atoms with Crippen LogP contribution < -0.4 is 21.7 Å². The van der Waals surface area contributed by atoms with E-state index >= 15 is 0 Å². The van der Waals surface area contributed by atoms with Crippen LogP contribution in [0.5, 0.6) is 0 Å². The van der Waals surface area contributed by atoms with Gasteiger partial charge in [-0.25, -0.2) is 19.5 Å². The lowest BCUT2D eigenvalue weighted by molar-refractivity contribution is 0.102. The van der Waals surface area contributed by atoms with Gasteiger partial charge in [0, 0.05) is 36.2 Å². The lowest BCUT2D eigenvalue weighted by atomic mass is 9.92. The Kier molecular flexibility index (Phi) is 6.47. The third kappa shape index (κ3) is 5.33. The van der Waals surface area contributed by atoms with Gasteiger partial charge in [-0.3, -0.25) is 4.79 Å². The van der Waals surface area contributed by atoms with Gasteiger partial charge in [-0.15, -0.1) is 5.10 Å². The summed E-state index contributed by atoms with van der Waals surface area (Å²) in [5, 5.41) is 14.6. The molecule has 4 aromatic heterocycles. The minimum atomic E-state index is -0.368. The molecule has 0 spiro atoms. The Morgan fingerprint density at radius 1 is 1.06 bits per heavy atom. The van der Waals surface area contributed by atoms with Crippen molar-refractivity contribution in [3.63, 3.8) is 0 Å². The summed E-state index contributed by atoms with van der Waals surface area (Å²) >= 11 is 5.96. The fourth-order valence-corrected chi connectivity index (χ4v) is 4.29. The highest BCUT2D eigenvalue weighted by Gasteiger charge is 2.21. The van der Waals surface area contributed by atoms with Crippen molar-refractivity contribution >= 4 is 46.2 Å². The lowest BCUT2D eigenvalue weighted by Gasteiger charge is -2.27. The number of nitrogens with zero attached hydrogens (tertiary/aromatic N) is 5. The first-order valence-corrected chi connectivity index (χ1v) is 11.9. The number of aromatic nitrogens is 5. The van der Waals surface area contributed by atoms with Gasteiger partial charge in [-0.1, -0.05) is 17.7 Å². The molecule has 5 rings (SSSR count). The number of anilines is 4. The van der Waals surface area contributed by atoms with Gasteiger partial charge < -0.3 is 21.7 Å². The molecule has 0 bridgehead atoms. The molecule has 0 radical (unpaired) electrons. The second-order valence-corrected chi connectivity index (χ2v) is 9.13. The molecule has 1 saturated carbocycles. The summed E-state index contributed by atoms with van der Waals surface area (Å²) < 4.78 is 1.53. The summed E-state index contributed by atoms with van der Waals surface area (Å²) in [5.74, 6) is 0.928. The summed E-state index contributed by atoms with van der Waals surface area (Å²) in [4.78, 5) is 26.0. The van der Waals surface area contributed by atoms with Crippen molar-refractivity contribution in [2.75, 3.05) is 16.0 Å². The van der Waals surface area contributed by atoms with Crippen LogP contribution in [0.4, 0.5) is 23.0 Å². The normalized spacial score (nSPS) is 17.8. The third-order valence-electron chi connectivity index (χ3n) is 5.98. The Bertz CT molecular complexity index is 1350. The molecular formula is C24H26ClN9O. The molecular weight excluding hydrogens is 466 g/mol. The predicted molar refractivity (Wildman–Crippen MR) is 136 cm³/mol. The fourth-order valence-electron chi connectivity index (χ4n) is 4.11. The second kappa shape index (κ2) is 9.85. The van der Waals surface area contributed by atoms with Crippen molar-refractivity contribution in [3.8, 4) is 0 Å². The zero-order valence-electron chi connectivity index (χ0n) is 19.2. The van der Waals surface area contributed by atoms with Gasteiger partial charge in [0.1, 0.15) is 16.8 Å². The molecule has 4 aromatic rings. The zero-order chi connectivity index (χ0) is 24.4. The summed E-state index contributed by atoms with van der Waals surface area (Å²) in [5.41, 5.74) is 9.11. The standard InChI is InChI=1S/C24H26ClN9O/c1-14-2-7-21(28-12-14)32-18-11-22(30-16-5-3-15(26)4-6-16)33-34-19(13-29-23(18)34)24(35)31-17-8-9-27-20(25)10-17/h2,7-13,15-16H,3-6,26H2,1H3,(H,28,32)(H,30,33)(H,27,31,35)/t15-,16-. The number of imidazole rings is 1. The number of halogens is 1. The van der Waals surface area contributed by atoms with E-state index in [-0.39, 0.29) is 28.8 Å². The van der Waals surface area contributed by atoms with Gasteiger partial charge in [0.05, 0.1) is 11.9 Å². The number of hydrogen-bond acceptors (Lipinski definition) is 8. The Labute approximate surface area is 207 Å². The quantitative estimate of drug-likeness (QED) is 0.295. The average Bonchev–Trinajstić information content (AvgIpc) is 3.26. The Balaban J connectivity index is 1.49. The molecule has 0 unspecified atom stereocenters. The van der Waals surface area contributed by atoms with Crippen LogP contribution in [0.25, 0.3) is 5.65 Å². The summed E-state index contributed by atoms with van der Waals surface area (Å²) in [6.45, 7) is 1.98. The van der Waals surface area contributed by atoms with E-state index in [1.807, 2.05) is 25.1 Å². The molecule has 180 valence electrons.